The first-order chi connectivity index (χ1) is 12.5. The van der Waals surface area contributed by atoms with Crippen LogP contribution in [0.25, 0.3) is 0 Å². The van der Waals surface area contributed by atoms with E-state index < -0.39 is 0 Å². The van der Waals surface area contributed by atoms with Gasteiger partial charge in [0.1, 0.15) is 0 Å². The molecular weight excluding hydrogens is 326 g/mol. The van der Waals surface area contributed by atoms with Gasteiger partial charge in [-0.2, -0.15) is 0 Å². The van der Waals surface area contributed by atoms with E-state index in [1.807, 2.05) is 0 Å². The lowest BCUT2D eigenvalue weighted by molar-refractivity contribution is 0.0372. The largest absolute Gasteiger partial charge is 0.379 e. The van der Waals surface area contributed by atoms with Gasteiger partial charge in [-0.1, -0.05) is 0 Å². The molecule has 0 unspecified atom stereocenters. The molecule has 1 saturated heterocycles. The molecule has 1 heterocycles. The van der Waals surface area contributed by atoms with E-state index in [1.54, 1.807) is 0 Å². The van der Waals surface area contributed by atoms with Gasteiger partial charge in [-0.25, -0.2) is 0 Å². The highest BCUT2D eigenvalue weighted by Crippen LogP contribution is 2.05. The third-order valence-electron chi connectivity index (χ3n) is 4.81. The van der Waals surface area contributed by atoms with E-state index in [9.17, 15) is 0 Å². The van der Waals surface area contributed by atoms with Crippen molar-refractivity contribution in [2.24, 2.45) is 4.99 Å². The molecule has 154 valence electrons. The number of nitrogens with zero attached hydrogens (tertiary/aromatic N) is 3. The Kier molecular flexibility index (Phi) is 12.7. The quantitative estimate of drug-likeness (QED) is 0.314. The number of ether oxygens (including phenoxy) is 1. The Labute approximate surface area is 161 Å². The fourth-order valence-electron chi connectivity index (χ4n) is 3.39. The zero-order chi connectivity index (χ0) is 19.2. The molecule has 0 aromatic carbocycles. The number of hydrogen-bond donors (Lipinski definition) is 2. The molecule has 1 aliphatic rings. The molecule has 0 atom stereocenters. The smallest absolute Gasteiger partial charge is 0.191 e. The first kappa shape index (κ1) is 23.2. The van der Waals surface area contributed by atoms with Gasteiger partial charge in [0.25, 0.3) is 0 Å². The normalized spacial score (nSPS) is 16.7. The molecule has 0 aliphatic carbocycles. The predicted octanol–water partition coefficient (Wildman–Crippen LogP) is 2.16. The summed E-state index contributed by atoms with van der Waals surface area (Å²) in [6.45, 7) is 20.2. The van der Waals surface area contributed by atoms with Crippen molar-refractivity contribution in [1.82, 2.24) is 20.4 Å². The molecule has 2 N–H and O–H groups in total. The summed E-state index contributed by atoms with van der Waals surface area (Å²) >= 11 is 0. The van der Waals surface area contributed by atoms with Crippen LogP contribution < -0.4 is 10.6 Å². The van der Waals surface area contributed by atoms with Crippen molar-refractivity contribution in [2.75, 3.05) is 59.0 Å². The average molecular weight is 370 g/mol. The van der Waals surface area contributed by atoms with E-state index >= 15 is 0 Å². The zero-order valence-corrected chi connectivity index (χ0v) is 17.9. The van der Waals surface area contributed by atoms with Gasteiger partial charge in [0, 0.05) is 51.4 Å². The Morgan fingerprint density at radius 1 is 1.04 bits per heavy atom. The molecule has 1 rings (SSSR count). The molecule has 0 radical (unpaired) electrons. The minimum absolute atomic E-state index is 0.594. The Hall–Kier alpha value is -0.850. The highest BCUT2D eigenvalue weighted by molar-refractivity contribution is 5.79. The summed E-state index contributed by atoms with van der Waals surface area (Å²) in [4.78, 5) is 9.76. The van der Waals surface area contributed by atoms with Gasteiger partial charge in [0.2, 0.25) is 0 Å². The molecule has 1 fully saturated rings. The molecule has 0 aromatic heterocycles. The van der Waals surface area contributed by atoms with E-state index in [1.165, 1.54) is 19.4 Å². The summed E-state index contributed by atoms with van der Waals surface area (Å²) in [5.74, 6) is 0.958. The van der Waals surface area contributed by atoms with Crippen LogP contribution in [0.15, 0.2) is 4.99 Å². The molecule has 26 heavy (non-hydrogen) atoms. The van der Waals surface area contributed by atoms with Crippen LogP contribution in [0.5, 0.6) is 0 Å². The van der Waals surface area contributed by atoms with E-state index in [-0.39, 0.29) is 0 Å². The van der Waals surface area contributed by atoms with Crippen LogP contribution in [-0.2, 0) is 4.74 Å². The maximum absolute atomic E-state index is 5.39. The van der Waals surface area contributed by atoms with Gasteiger partial charge in [-0.05, 0) is 60.4 Å². The van der Waals surface area contributed by atoms with Crippen LogP contribution >= 0.6 is 0 Å². The molecular formula is C20H43N5O. The second kappa shape index (κ2) is 14.2. The minimum Gasteiger partial charge on any atom is -0.379 e. The topological polar surface area (TPSA) is 52.1 Å². The Morgan fingerprint density at radius 3 is 2.35 bits per heavy atom. The van der Waals surface area contributed by atoms with Crippen LogP contribution in [0.2, 0.25) is 0 Å². The second-order valence-corrected chi connectivity index (χ2v) is 7.63. The fourth-order valence-corrected chi connectivity index (χ4v) is 3.39. The molecule has 0 amide bonds. The zero-order valence-electron chi connectivity index (χ0n) is 17.9. The minimum atomic E-state index is 0.594. The number of nitrogens with one attached hydrogen (secondary N) is 2. The molecule has 0 spiro atoms. The molecule has 6 nitrogen and oxygen atoms in total. The highest BCUT2D eigenvalue weighted by Gasteiger charge is 2.12. The Morgan fingerprint density at radius 2 is 1.73 bits per heavy atom. The molecule has 0 aromatic rings. The van der Waals surface area contributed by atoms with Gasteiger partial charge in [-0.15, -0.1) is 0 Å². The average Bonchev–Trinajstić information content (AvgIpc) is 2.61. The second-order valence-electron chi connectivity index (χ2n) is 7.63. The third-order valence-corrected chi connectivity index (χ3v) is 4.81. The number of hydrogen-bond acceptors (Lipinski definition) is 4. The maximum atomic E-state index is 5.39. The molecule has 6 heteroatoms. The van der Waals surface area contributed by atoms with Gasteiger partial charge in [0.05, 0.1) is 13.2 Å². The summed E-state index contributed by atoms with van der Waals surface area (Å²) in [5.41, 5.74) is 0. The summed E-state index contributed by atoms with van der Waals surface area (Å²) < 4.78 is 5.39. The lowest BCUT2D eigenvalue weighted by atomic mass is 10.2. The lowest BCUT2D eigenvalue weighted by Crippen LogP contribution is -2.39. The van der Waals surface area contributed by atoms with Gasteiger partial charge in [0.15, 0.2) is 5.96 Å². The summed E-state index contributed by atoms with van der Waals surface area (Å²) in [6, 6.07) is 1.19. The maximum Gasteiger partial charge on any atom is 0.191 e. The summed E-state index contributed by atoms with van der Waals surface area (Å²) in [6.07, 6.45) is 3.50. The molecule has 0 bridgehead atoms. The number of rotatable bonds is 12. The number of aliphatic imine (C=N–C) groups is 1. The van der Waals surface area contributed by atoms with Crippen molar-refractivity contribution in [1.29, 1.82) is 0 Å². The molecule has 0 saturated carbocycles. The van der Waals surface area contributed by atoms with Crippen LogP contribution in [0.1, 0.15) is 53.9 Å². The first-order valence-electron chi connectivity index (χ1n) is 10.6. The predicted molar refractivity (Wildman–Crippen MR) is 112 cm³/mol. The van der Waals surface area contributed by atoms with Gasteiger partial charge in [-0.3, -0.25) is 14.8 Å². The monoisotopic (exact) mass is 369 g/mol. The fraction of sp³-hybridized carbons (Fsp3) is 0.950. The van der Waals surface area contributed by atoms with Crippen LogP contribution in [0, 0.1) is 0 Å². The lowest BCUT2D eigenvalue weighted by Gasteiger charge is -2.30. The van der Waals surface area contributed by atoms with Crippen molar-refractivity contribution in [2.45, 2.75) is 66.0 Å². The SMILES string of the molecule is CCNC(=NCCCN(C(C)C)C(C)C)NCCCCN1CCOCC1. The van der Waals surface area contributed by atoms with Gasteiger partial charge < -0.3 is 15.4 Å². The number of unbranched alkanes of at least 4 members (excludes halogenated alkanes) is 1. The van der Waals surface area contributed by atoms with E-state index in [0.29, 0.717) is 12.1 Å². The van der Waals surface area contributed by atoms with Crippen molar-refractivity contribution in [3.63, 3.8) is 0 Å². The van der Waals surface area contributed by atoms with E-state index in [2.05, 4.69) is 55.1 Å². The van der Waals surface area contributed by atoms with Crippen LogP contribution in [0.4, 0.5) is 0 Å². The van der Waals surface area contributed by atoms with Crippen molar-refractivity contribution >= 4 is 5.96 Å². The standard InChI is InChI=1S/C20H43N5O/c1-6-21-20(23-11-9-13-25(18(2)3)19(4)5)22-10-7-8-12-24-14-16-26-17-15-24/h18-19H,6-17H2,1-5H3,(H2,21,22,23). The van der Waals surface area contributed by atoms with Crippen molar-refractivity contribution < 1.29 is 4.74 Å². The van der Waals surface area contributed by atoms with E-state index in [4.69, 9.17) is 9.73 Å². The Balaban J connectivity index is 2.19. The number of guanidine groups is 1. The summed E-state index contributed by atoms with van der Waals surface area (Å²) in [7, 11) is 0. The first-order valence-corrected chi connectivity index (χ1v) is 10.6. The van der Waals surface area contributed by atoms with Crippen LogP contribution in [0.3, 0.4) is 0 Å². The highest BCUT2D eigenvalue weighted by atomic mass is 16.5. The van der Waals surface area contributed by atoms with Gasteiger partial charge >= 0.3 is 0 Å². The van der Waals surface area contributed by atoms with E-state index in [0.717, 1.165) is 64.9 Å². The summed E-state index contributed by atoms with van der Waals surface area (Å²) in [5, 5.41) is 6.83. The number of morpholine rings is 1. The Bertz CT molecular complexity index is 359. The third kappa shape index (κ3) is 10.3. The van der Waals surface area contributed by atoms with Crippen LogP contribution in [-0.4, -0.2) is 86.9 Å². The van der Waals surface area contributed by atoms with Crippen molar-refractivity contribution in [3.05, 3.63) is 0 Å². The van der Waals surface area contributed by atoms with Crippen molar-refractivity contribution in [3.8, 4) is 0 Å². The molecule has 1 aliphatic heterocycles.